The van der Waals surface area contributed by atoms with Gasteiger partial charge in [0.05, 0.1) is 0 Å². The Morgan fingerprint density at radius 3 is 2.57 bits per heavy atom. The highest BCUT2D eigenvalue weighted by molar-refractivity contribution is 5.66. The van der Waals surface area contributed by atoms with Crippen molar-refractivity contribution in [1.29, 1.82) is 0 Å². The molecular weight excluding hydrogens is 366 g/mol. The Bertz CT molecular complexity index is 997. The number of rotatable bonds is 5. The van der Waals surface area contributed by atoms with E-state index in [2.05, 4.69) is 72.5 Å². The van der Waals surface area contributed by atoms with Crippen molar-refractivity contribution in [1.82, 2.24) is 4.90 Å². The number of benzene rings is 3. The van der Waals surface area contributed by atoms with E-state index in [0.717, 1.165) is 17.8 Å². The van der Waals surface area contributed by atoms with Crippen LogP contribution in [0.1, 0.15) is 42.9 Å². The van der Waals surface area contributed by atoms with Crippen LogP contribution in [0.15, 0.2) is 72.8 Å². The second-order valence-corrected chi connectivity index (χ2v) is 8.91. The summed E-state index contributed by atoms with van der Waals surface area (Å²) in [7, 11) is 0. The van der Waals surface area contributed by atoms with E-state index >= 15 is 0 Å². The maximum atomic E-state index is 6.04. The fourth-order valence-electron chi connectivity index (χ4n) is 5.20. The van der Waals surface area contributed by atoms with Crippen LogP contribution in [0, 0.1) is 0 Å². The zero-order valence-electron chi connectivity index (χ0n) is 17.9. The molecule has 2 unspecified atom stereocenters. The summed E-state index contributed by atoms with van der Waals surface area (Å²) in [6, 6.07) is 27.4. The van der Waals surface area contributed by atoms with E-state index in [4.69, 9.17) is 4.74 Å². The van der Waals surface area contributed by atoms with Crippen LogP contribution in [0.2, 0.25) is 0 Å². The van der Waals surface area contributed by atoms with Crippen molar-refractivity contribution >= 4 is 0 Å². The van der Waals surface area contributed by atoms with Gasteiger partial charge in [0.15, 0.2) is 0 Å². The van der Waals surface area contributed by atoms with Gasteiger partial charge in [0.2, 0.25) is 0 Å². The van der Waals surface area contributed by atoms with Crippen molar-refractivity contribution < 1.29 is 4.74 Å². The van der Waals surface area contributed by atoms with E-state index in [0.29, 0.717) is 6.61 Å². The predicted molar refractivity (Wildman–Crippen MR) is 124 cm³/mol. The van der Waals surface area contributed by atoms with E-state index in [9.17, 15) is 0 Å². The van der Waals surface area contributed by atoms with E-state index in [-0.39, 0.29) is 0 Å². The number of ether oxygens (including phenoxy) is 1. The van der Waals surface area contributed by atoms with Crippen LogP contribution in [0.3, 0.4) is 0 Å². The van der Waals surface area contributed by atoms with Gasteiger partial charge in [-0.05, 0) is 85.5 Å². The maximum Gasteiger partial charge on any atom is 0.120 e. The van der Waals surface area contributed by atoms with Crippen molar-refractivity contribution in [3.8, 4) is 16.9 Å². The fourth-order valence-corrected chi connectivity index (χ4v) is 5.20. The van der Waals surface area contributed by atoms with Crippen LogP contribution in [-0.2, 0) is 19.4 Å². The van der Waals surface area contributed by atoms with Crippen LogP contribution < -0.4 is 4.74 Å². The first-order valence-corrected chi connectivity index (χ1v) is 11.4. The third-order valence-electron chi connectivity index (χ3n) is 6.90. The van der Waals surface area contributed by atoms with Gasteiger partial charge in [0, 0.05) is 12.1 Å². The van der Waals surface area contributed by atoms with Crippen LogP contribution in [-0.4, -0.2) is 23.5 Å². The monoisotopic (exact) mass is 397 g/mol. The molecule has 3 aromatic carbocycles. The van der Waals surface area contributed by atoms with E-state index in [1.54, 1.807) is 5.56 Å². The smallest absolute Gasteiger partial charge is 0.120 e. The molecule has 2 nitrogen and oxygen atoms in total. The molecule has 3 aromatic rings. The molecule has 1 aliphatic carbocycles. The van der Waals surface area contributed by atoms with E-state index in [1.807, 2.05) is 12.1 Å². The van der Waals surface area contributed by atoms with Crippen molar-refractivity contribution in [2.24, 2.45) is 0 Å². The Morgan fingerprint density at radius 2 is 1.73 bits per heavy atom. The molecule has 1 heterocycles. The van der Waals surface area contributed by atoms with Crippen molar-refractivity contribution in [3.05, 3.63) is 89.5 Å². The summed E-state index contributed by atoms with van der Waals surface area (Å²) >= 11 is 0. The van der Waals surface area contributed by atoms with E-state index < -0.39 is 0 Å². The molecule has 1 fully saturated rings. The Labute approximate surface area is 180 Å². The van der Waals surface area contributed by atoms with Gasteiger partial charge in [-0.1, -0.05) is 60.7 Å². The summed E-state index contributed by atoms with van der Waals surface area (Å²) in [6.07, 6.45) is 6.43. The molecule has 0 amide bonds. The minimum absolute atomic E-state index is 0.602. The molecule has 0 saturated carbocycles. The molecule has 1 aliphatic heterocycles. The quantitative estimate of drug-likeness (QED) is 0.503. The highest BCUT2D eigenvalue weighted by Crippen LogP contribution is 2.33. The Morgan fingerprint density at radius 1 is 0.867 bits per heavy atom. The molecule has 2 aliphatic rings. The molecular formula is C28H31NO. The van der Waals surface area contributed by atoms with Gasteiger partial charge < -0.3 is 4.74 Å². The lowest BCUT2D eigenvalue weighted by Gasteiger charge is -2.35. The SMILES string of the molecule is CC1CCCN1C1CCc2cc(-c3cccc(OCc4ccccc4)c3)ccc2C1. The lowest BCUT2D eigenvalue weighted by molar-refractivity contribution is 0.174. The third kappa shape index (κ3) is 4.15. The van der Waals surface area contributed by atoms with Crippen molar-refractivity contribution in [3.63, 3.8) is 0 Å². The predicted octanol–water partition coefficient (Wildman–Crippen LogP) is 6.27. The Hall–Kier alpha value is -2.58. The summed E-state index contributed by atoms with van der Waals surface area (Å²) in [5.74, 6) is 0.928. The zero-order valence-corrected chi connectivity index (χ0v) is 17.9. The van der Waals surface area contributed by atoms with Gasteiger partial charge in [0.1, 0.15) is 12.4 Å². The van der Waals surface area contributed by atoms with Crippen LogP contribution in [0.4, 0.5) is 0 Å². The zero-order chi connectivity index (χ0) is 20.3. The highest BCUT2D eigenvalue weighted by atomic mass is 16.5. The van der Waals surface area contributed by atoms with Gasteiger partial charge in [-0.25, -0.2) is 0 Å². The first-order chi connectivity index (χ1) is 14.8. The molecule has 0 bridgehead atoms. The van der Waals surface area contributed by atoms with Gasteiger partial charge in [0.25, 0.3) is 0 Å². The van der Waals surface area contributed by atoms with Crippen molar-refractivity contribution in [2.45, 2.75) is 57.7 Å². The summed E-state index contributed by atoms with van der Waals surface area (Å²) in [4.78, 5) is 2.75. The molecule has 0 N–H and O–H groups in total. The van der Waals surface area contributed by atoms with Gasteiger partial charge in [-0.3, -0.25) is 4.90 Å². The number of aryl methyl sites for hydroxylation is 1. The standard InChI is InChI=1S/C28H31NO/c1-21-7-6-16-29(21)27-15-14-25-17-24(12-13-26(25)18-27)23-10-5-11-28(19-23)30-20-22-8-3-2-4-9-22/h2-5,8-13,17,19,21,27H,6-7,14-16,18,20H2,1H3. The number of fused-ring (bicyclic) bond motifs is 1. The first kappa shape index (κ1) is 19.4. The van der Waals surface area contributed by atoms with E-state index in [1.165, 1.54) is 60.9 Å². The lowest BCUT2D eigenvalue weighted by atomic mass is 9.85. The first-order valence-electron chi connectivity index (χ1n) is 11.4. The lowest BCUT2D eigenvalue weighted by Crippen LogP contribution is -2.41. The maximum absolute atomic E-state index is 6.04. The molecule has 30 heavy (non-hydrogen) atoms. The minimum Gasteiger partial charge on any atom is -0.489 e. The van der Waals surface area contributed by atoms with Crippen LogP contribution in [0.25, 0.3) is 11.1 Å². The van der Waals surface area contributed by atoms with Gasteiger partial charge in [-0.15, -0.1) is 0 Å². The average molecular weight is 398 g/mol. The molecule has 0 aromatic heterocycles. The highest BCUT2D eigenvalue weighted by Gasteiger charge is 2.30. The third-order valence-corrected chi connectivity index (χ3v) is 6.90. The second kappa shape index (κ2) is 8.65. The summed E-state index contributed by atoms with van der Waals surface area (Å²) < 4.78 is 6.04. The van der Waals surface area contributed by atoms with Gasteiger partial charge >= 0.3 is 0 Å². The number of nitrogens with zero attached hydrogens (tertiary/aromatic N) is 1. The second-order valence-electron chi connectivity index (χ2n) is 8.91. The van der Waals surface area contributed by atoms with Crippen molar-refractivity contribution in [2.75, 3.05) is 6.54 Å². The molecule has 5 rings (SSSR count). The largest absolute Gasteiger partial charge is 0.489 e. The normalized spacial score (nSPS) is 21.4. The molecule has 154 valence electrons. The topological polar surface area (TPSA) is 12.5 Å². The number of hydrogen-bond donors (Lipinski definition) is 0. The molecule has 1 saturated heterocycles. The number of hydrogen-bond acceptors (Lipinski definition) is 2. The summed E-state index contributed by atoms with van der Waals surface area (Å²) in [5, 5.41) is 0. The average Bonchev–Trinajstić information content (AvgIpc) is 3.24. The number of likely N-dealkylation sites (tertiary alicyclic amines) is 1. The van der Waals surface area contributed by atoms with Crippen LogP contribution in [0.5, 0.6) is 5.75 Å². The molecule has 2 atom stereocenters. The fraction of sp³-hybridized carbons (Fsp3) is 0.357. The molecule has 0 spiro atoms. The Balaban J connectivity index is 1.30. The minimum atomic E-state index is 0.602. The van der Waals surface area contributed by atoms with Crippen LogP contribution >= 0.6 is 0 Å². The summed E-state index contributed by atoms with van der Waals surface area (Å²) in [6.45, 7) is 4.29. The molecule has 0 radical (unpaired) electrons. The molecule has 2 heteroatoms. The Kier molecular flexibility index (Phi) is 5.59. The van der Waals surface area contributed by atoms with Gasteiger partial charge in [-0.2, -0.15) is 0 Å². The summed E-state index contributed by atoms with van der Waals surface area (Å²) in [5.41, 5.74) is 6.81.